The van der Waals surface area contributed by atoms with Crippen LogP contribution in [0, 0.1) is 0 Å². The van der Waals surface area contributed by atoms with Crippen molar-refractivity contribution >= 4 is 87.3 Å². The Hall–Kier alpha value is -3.02. The summed E-state index contributed by atoms with van der Waals surface area (Å²) in [6.07, 6.45) is 8.81. The monoisotopic (exact) mass is 770 g/mol. The number of nitrogens with one attached hydrogen (secondary N) is 1. The Balaban J connectivity index is 1.46. The van der Waals surface area contributed by atoms with E-state index in [1.165, 1.54) is 38.2 Å². The zero-order valence-corrected chi connectivity index (χ0v) is 32.8. The van der Waals surface area contributed by atoms with Crippen LogP contribution >= 0.6 is 47.0 Å². The zero-order valence-electron chi connectivity index (χ0n) is 29.5. The summed E-state index contributed by atoms with van der Waals surface area (Å²) in [7, 11) is 4.79. The number of hydrogen-bond donors (Lipinski definition) is 3. The summed E-state index contributed by atoms with van der Waals surface area (Å²) >= 11 is 4.89. The zero-order chi connectivity index (χ0) is 36.9. The number of piperazine rings is 2. The molecule has 0 aliphatic carbocycles. The largest absolute Gasteiger partial charge is 0.392 e. The highest BCUT2D eigenvalue weighted by molar-refractivity contribution is 8.02. The number of hydrogen-bond acceptors (Lipinski definition) is 11. The summed E-state index contributed by atoms with van der Waals surface area (Å²) in [6.45, 7) is -1.06. The van der Waals surface area contributed by atoms with Gasteiger partial charge < -0.3 is 34.8 Å². The molecule has 4 amide bonds. The maximum Gasteiger partial charge on any atom is 0.264 e. The standard InChI is InChI=1S/C35H42N6O6S4/c1-37-29(46)34(19-42,50-6)38(2)27(44)32(37,48-4)16-21-17-40(25-15-11-8-12-22(21)25)31-18-33(49-5)28(45)39(3)35(20-43,51-7)30(47)41(33)26(31)36-24-14-10-9-13-23(24)31/h8-15,17,26,36,42-43H,16,18-20H2,1-7H3/t26-,31?,32+,33+,34+,35+/m1/s1. The Morgan fingerprint density at radius 2 is 1.27 bits per heavy atom. The molecular formula is C35H42N6O6S4. The fraction of sp³-hybridized carbons (Fsp3) is 0.486. The second-order valence-electron chi connectivity index (χ2n) is 13.4. The van der Waals surface area contributed by atoms with Crippen molar-refractivity contribution in [2.45, 2.75) is 44.0 Å². The average molecular weight is 771 g/mol. The van der Waals surface area contributed by atoms with Crippen molar-refractivity contribution in [3.05, 3.63) is 65.9 Å². The number of fused-ring (bicyclic) bond motifs is 6. The molecule has 16 heteroatoms. The van der Waals surface area contributed by atoms with Crippen LogP contribution in [0.25, 0.3) is 10.9 Å². The summed E-state index contributed by atoms with van der Waals surface area (Å²) in [5, 5.41) is 25.6. The third-order valence-electron chi connectivity index (χ3n) is 11.8. The first-order chi connectivity index (χ1) is 24.3. The van der Waals surface area contributed by atoms with Crippen molar-refractivity contribution < 1.29 is 29.4 Å². The fourth-order valence-electron chi connectivity index (χ4n) is 8.89. The van der Waals surface area contributed by atoms with Crippen LogP contribution < -0.4 is 5.32 Å². The van der Waals surface area contributed by atoms with E-state index in [2.05, 4.69) is 9.88 Å². The minimum Gasteiger partial charge on any atom is -0.392 e. The van der Waals surface area contributed by atoms with Gasteiger partial charge in [-0.15, -0.1) is 47.0 Å². The lowest BCUT2D eigenvalue weighted by molar-refractivity contribution is -0.165. The molecular weight excluding hydrogens is 729 g/mol. The van der Waals surface area contributed by atoms with Crippen LogP contribution in [0.15, 0.2) is 54.7 Å². The summed E-state index contributed by atoms with van der Waals surface area (Å²) in [6, 6.07) is 15.8. The number of thioether (sulfide) groups is 4. The maximum absolute atomic E-state index is 14.8. The molecule has 6 atom stereocenters. The van der Waals surface area contributed by atoms with E-state index in [9.17, 15) is 29.4 Å². The van der Waals surface area contributed by atoms with Gasteiger partial charge in [-0.05, 0) is 42.7 Å². The number of carbonyl (C=O) groups is 4. The fourth-order valence-corrected chi connectivity index (χ4v) is 12.5. The second kappa shape index (κ2) is 12.3. The number of nitrogens with zero attached hydrogens (tertiary/aromatic N) is 5. The summed E-state index contributed by atoms with van der Waals surface area (Å²) < 4.78 is 2.16. The molecule has 1 aromatic heterocycles. The molecule has 3 N–H and O–H groups in total. The van der Waals surface area contributed by atoms with Gasteiger partial charge in [-0.3, -0.25) is 24.1 Å². The Morgan fingerprint density at radius 3 is 1.90 bits per heavy atom. The van der Waals surface area contributed by atoms with Crippen molar-refractivity contribution in [1.29, 1.82) is 0 Å². The van der Waals surface area contributed by atoms with Gasteiger partial charge in [-0.25, -0.2) is 0 Å². The van der Waals surface area contributed by atoms with E-state index < -0.39 is 44.4 Å². The number of likely N-dealkylation sites (N-methyl/N-ethyl adjacent to an activating group) is 3. The maximum atomic E-state index is 14.8. The molecule has 7 rings (SSSR count). The molecule has 1 unspecified atom stereocenters. The third-order valence-corrected chi connectivity index (χ3v) is 16.8. The van der Waals surface area contributed by atoms with E-state index in [-0.39, 0.29) is 36.5 Å². The molecule has 4 aliphatic rings. The van der Waals surface area contributed by atoms with Gasteiger partial charge in [-0.1, -0.05) is 36.4 Å². The lowest BCUT2D eigenvalue weighted by Crippen LogP contribution is -2.74. The number of carbonyl (C=O) groups excluding carboxylic acids is 4. The van der Waals surface area contributed by atoms with Gasteiger partial charge in [0.15, 0.2) is 19.5 Å². The smallest absolute Gasteiger partial charge is 0.264 e. The van der Waals surface area contributed by atoms with Crippen molar-refractivity contribution in [2.24, 2.45) is 0 Å². The van der Waals surface area contributed by atoms with Crippen molar-refractivity contribution in [2.75, 3.05) is 64.7 Å². The topological polar surface area (TPSA) is 139 Å². The van der Waals surface area contributed by atoms with E-state index >= 15 is 0 Å². The quantitative estimate of drug-likeness (QED) is 0.296. The molecule has 5 heterocycles. The molecule has 4 aliphatic heterocycles. The molecule has 3 aromatic rings. The lowest BCUT2D eigenvalue weighted by atomic mass is 9.86. The van der Waals surface area contributed by atoms with Gasteiger partial charge in [0.25, 0.3) is 23.6 Å². The molecule has 0 spiro atoms. The van der Waals surface area contributed by atoms with Gasteiger partial charge in [-0.2, -0.15) is 0 Å². The van der Waals surface area contributed by atoms with Crippen LogP contribution in [0.2, 0.25) is 0 Å². The van der Waals surface area contributed by atoms with Gasteiger partial charge in [0, 0.05) is 62.3 Å². The number of anilines is 1. The first-order valence-corrected chi connectivity index (χ1v) is 21.3. The molecule has 272 valence electrons. The van der Waals surface area contributed by atoms with Crippen LogP contribution in [0.1, 0.15) is 17.5 Å². The van der Waals surface area contributed by atoms with E-state index in [1.807, 2.05) is 67.2 Å². The van der Waals surface area contributed by atoms with Crippen molar-refractivity contribution in [3.63, 3.8) is 0 Å². The van der Waals surface area contributed by atoms with E-state index in [1.54, 1.807) is 38.6 Å². The molecule has 0 radical (unpaired) electrons. The minimum absolute atomic E-state index is 0.164. The predicted molar refractivity (Wildman–Crippen MR) is 205 cm³/mol. The number of para-hydroxylation sites is 2. The molecule has 2 aromatic carbocycles. The number of rotatable bonds is 9. The molecule has 0 saturated carbocycles. The van der Waals surface area contributed by atoms with E-state index in [4.69, 9.17) is 0 Å². The summed E-state index contributed by atoms with van der Waals surface area (Å²) in [5.74, 6) is -1.27. The Morgan fingerprint density at radius 1 is 0.725 bits per heavy atom. The lowest BCUT2D eigenvalue weighted by Gasteiger charge is -2.53. The van der Waals surface area contributed by atoms with Gasteiger partial charge in [0.1, 0.15) is 11.7 Å². The molecule has 51 heavy (non-hydrogen) atoms. The first kappa shape index (κ1) is 36.3. The van der Waals surface area contributed by atoms with Gasteiger partial charge in [0.2, 0.25) is 0 Å². The van der Waals surface area contributed by atoms with Crippen molar-refractivity contribution in [3.8, 4) is 0 Å². The first-order valence-electron chi connectivity index (χ1n) is 16.4. The molecule has 0 bridgehead atoms. The predicted octanol–water partition coefficient (Wildman–Crippen LogP) is 2.54. The highest BCUT2D eigenvalue weighted by Gasteiger charge is 2.74. The third kappa shape index (κ3) is 4.23. The van der Waals surface area contributed by atoms with Crippen LogP contribution in [-0.2, 0) is 31.1 Å². The van der Waals surface area contributed by atoms with Gasteiger partial charge in [0.05, 0.1) is 13.2 Å². The number of aliphatic hydroxyl groups is 2. The SMILES string of the molecule is CS[C@@]1(CO)C(=O)N(C)[C@@](Cc2cn(C34C[C@]5(SC)C(=O)N(C)[C@@](CO)(SC)C(=O)N5[C@H]3Nc3ccccc34)c3ccccc23)(SC)C(=O)N1C. The number of benzene rings is 2. The molecule has 3 saturated heterocycles. The van der Waals surface area contributed by atoms with Gasteiger partial charge >= 0.3 is 0 Å². The molecule has 3 fully saturated rings. The Bertz CT molecular complexity index is 1970. The van der Waals surface area contributed by atoms with Crippen LogP contribution in [0.4, 0.5) is 5.69 Å². The van der Waals surface area contributed by atoms with Crippen LogP contribution in [0.5, 0.6) is 0 Å². The van der Waals surface area contributed by atoms with Crippen LogP contribution in [0.3, 0.4) is 0 Å². The van der Waals surface area contributed by atoms with Crippen LogP contribution in [-0.4, -0.2) is 143 Å². The average Bonchev–Trinajstić information content (AvgIpc) is 3.78. The highest BCUT2D eigenvalue weighted by Crippen LogP contribution is 2.62. The number of aromatic nitrogens is 1. The van der Waals surface area contributed by atoms with Crippen molar-refractivity contribution in [1.82, 2.24) is 24.2 Å². The minimum atomic E-state index is -1.50. The van der Waals surface area contributed by atoms with E-state index in [0.29, 0.717) is 0 Å². The summed E-state index contributed by atoms with van der Waals surface area (Å²) in [4.78, 5) is 58.3. The normalized spacial score (nSPS) is 33.2. The number of aliphatic hydroxyl groups excluding tert-OH is 2. The number of amides is 4. The van der Waals surface area contributed by atoms with E-state index in [0.717, 1.165) is 51.2 Å². The Labute approximate surface area is 314 Å². The second-order valence-corrected chi connectivity index (χ2v) is 17.8. The summed E-state index contributed by atoms with van der Waals surface area (Å²) in [5.41, 5.74) is 2.42. The highest BCUT2D eigenvalue weighted by atomic mass is 32.2. The molecule has 12 nitrogen and oxygen atoms in total. The Kier molecular flexibility index (Phi) is 8.74.